The lowest BCUT2D eigenvalue weighted by atomic mass is 9.90. The summed E-state index contributed by atoms with van der Waals surface area (Å²) in [5.41, 5.74) is 1.47. The average Bonchev–Trinajstić information content (AvgIpc) is 3.18. The molecule has 2 aliphatic heterocycles. The number of fused-ring (bicyclic) bond motifs is 1. The summed E-state index contributed by atoms with van der Waals surface area (Å²) in [6.07, 6.45) is 0.822. The van der Waals surface area contributed by atoms with E-state index in [2.05, 4.69) is 0 Å². The molecule has 0 spiro atoms. The van der Waals surface area contributed by atoms with Crippen LogP contribution in [0, 0.1) is 5.92 Å². The van der Waals surface area contributed by atoms with Gasteiger partial charge in [-0.25, -0.2) is 5.06 Å². The number of unbranched alkanes of at least 4 members (excludes halogenated alkanes) is 1. The molecule has 0 N–H and O–H groups in total. The molecular formula is C21H20Cl2N2O3. The van der Waals surface area contributed by atoms with E-state index < -0.39 is 18.1 Å². The Kier molecular flexibility index (Phi) is 5.32. The van der Waals surface area contributed by atoms with Crippen molar-refractivity contribution in [3.63, 3.8) is 0 Å². The van der Waals surface area contributed by atoms with Gasteiger partial charge in [0.05, 0.1) is 11.7 Å². The number of rotatable bonds is 5. The molecule has 5 nitrogen and oxygen atoms in total. The summed E-state index contributed by atoms with van der Waals surface area (Å²) in [6, 6.07) is 14.1. The Morgan fingerprint density at radius 3 is 2.46 bits per heavy atom. The summed E-state index contributed by atoms with van der Waals surface area (Å²) in [4.78, 5) is 33.4. The topological polar surface area (TPSA) is 49.9 Å². The fourth-order valence-electron chi connectivity index (χ4n) is 3.86. The Morgan fingerprint density at radius 1 is 1.04 bits per heavy atom. The molecule has 146 valence electrons. The number of para-hydroxylation sites is 1. The highest BCUT2D eigenvalue weighted by Gasteiger charge is 2.59. The van der Waals surface area contributed by atoms with Crippen LogP contribution in [0.4, 0.5) is 5.69 Å². The lowest BCUT2D eigenvalue weighted by Crippen LogP contribution is -2.37. The van der Waals surface area contributed by atoms with E-state index in [0.717, 1.165) is 18.5 Å². The second-order valence-corrected chi connectivity index (χ2v) is 7.85. The third-order valence-corrected chi connectivity index (χ3v) is 5.80. The number of amides is 2. The summed E-state index contributed by atoms with van der Waals surface area (Å²) >= 11 is 12.5. The zero-order chi connectivity index (χ0) is 19.8. The van der Waals surface area contributed by atoms with Gasteiger partial charge in [0.25, 0.3) is 5.91 Å². The van der Waals surface area contributed by atoms with Gasteiger partial charge in [-0.3, -0.25) is 19.3 Å². The van der Waals surface area contributed by atoms with E-state index in [9.17, 15) is 9.59 Å². The second-order valence-electron chi connectivity index (χ2n) is 7.01. The molecule has 7 heteroatoms. The molecule has 2 aromatic rings. The number of imide groups is 1. The minimum absolute atomic E-state index is 0.210. The van der Waals surface area contributed by atoms with Gasteiger partial charge in [0, 0.05) is 16.6 Å². The summed E-state index contributed by atoms with van der Waals surface area (Å²) in [5, 5.41) is 2.58. The Labute approximate surface area is 173 Å². The van der Waals surface area contributed by atoms with Crippen LogP contribution >= 0.6 is 23.2 Å². The fourth-order valence-corrected chi connectivity index (χ4v) is 4.38. The number of nitrogens with zero attached hydrogens (tertiary/aromatic N) is 2. The zero-order valence-corrected chi connectivity index (χ0v) is 16.9. The van der Waals surface area contributed by atoms with Crippen molar-refractivity contribution in [3.05, 3.63) is 64.1 Å². The first-order valence-corrected chi connectivity index (χ1v) is 10.1. The molecule has 3 unspecified atom stereocenters. The van der Waals surface area contributed by atoms with E-state index in [1.807, 2.05) is 37.3 Å². The molecule has 2 amide bonds. The van der Waals surface area contributed by atoms with Crippen LogP contribution < -0.4 is 5.06 Å². The van der Waals surface area contributed by atoms with Crippen LogP contribution in [0.2, 0.25) is 10.0 Å². The van der Waals surface area contributed by atoms with Crippen molar-refractivity contribution in [1.29, 1.82) is 0 Å². The molecule has 0 aromatic heterocycles. The summed E-state index contributed by atoms with van der Waals surface area (Å²) in [6.45, 7) is 2.44. The number of benzene rings is 2. The third-order valence-electron chi connectivity index (χ3n) is 5.23. The standard InChI is InChI=1S/C21H20Cl2N2O3/c1-2-3-11-24-20(26)17-18(15-10-9-13(22)12-16(15)23)25(28-19(17)21(24)27)14-7-5-4-6-8-14/h4-10,12,17-19H,2-3,11H2,1H3. The first-order valence-electron chi connectivity index (χ1n) is 9.34. The minimum atomic E-state index is -0.846. The first-order chi connectivity index (χ1) is 13.5. The molecule has 2 aromatic carbocycles. The number of carbonyl (C=O) groups is 2. The molecule has 0 radical (unpaired) electrons. The van der Waals surface area contributed by atoms with Gasteiger partial charge in [-0.2, -0.15) is 0 Å². The highest BCUT2D eigenvalue weighted by Crippen LogP contribution is 2.48. The number of hydrogen-bond donors (Lipinski definition) is 0. The second kappa shape index (κ2) is 7.74. The molecule has 2 fully saturated rings. The van der Waals surface area contributed by atoms with Crippen LogP contribution in [0.3, 0.4) is 0 Å². The predicted molar refractivity (Wildman–Crippen MR) is 108 cm³/mol. The third kappa shape index (κ3) is 3.17. The van der Waals surface area contributed by atoms with Gasteiger partial charge in [0.15, 0.2) is 6.10 Å². The molecule has 0 saturated carbocycles. The number of hydrogen-bond acceptors (Lipinski definition) is 4. The molecule has 2 saturated heterocycles. The maximum absolute atomic E-state index is 13.2. The van der Waals surface area contributed by atoms with E-state index in [1.54, 1.807) is 23.3 Å². The average molecular weight is 419 g/mol. The van der Waals surface area contributed by atoms with Crippen molar-refractivity contribution in [2.45, 2.75) is 31.9 Å². The summed E-state index contributed by atoms with van der Waals surface area (Å²) in [5.74, 6) is -1.14. The maximum atomic E-state index is 13.2. The molecular weight excluding hydrogens is 399 g/mol. The molecule has 2 heterocycles. The number of likely N-dealkylation sites (tertiary alicyclic amines) is 1. The fraction of sp³-hybridized carbons (Fsp3) is 0.333. The van der Waals surface area contributed by atoms with Crippen molar-refractivity contribution in [3.8, 4) is 0 Å². The highest BCUT2D eigenvalue weighted by molar-refractivity contribution is 6.35. The number of carbonyl (C=O) groups excluding carboxylic acids is 2. The van der Waals surface area contributed by atoms with E-state index in [0.29, 0.717) is 22.2 Å². The maximum Gasteiger partial charge on any atom is 0.261 e. The van der Waals surface area contributed by atoms with Crippen molar-refractivity contribution < 1.29 is 14.4 Å². The SMILES string of the molecule is CCCCN1C(=O)C2ON(c3ccccc3)C(c3ccc(Cl)cc3Cl)C2C1=O. The van der Waals surface area contributed by atoms with Crippen LogP contribution in [0.1, 0.15) is 31.4 Å². The molecule has 3 atom stereocenters. The lowest BCUT2D eigenvalue weighted by molar-refractivity contribution is -0.143. The number of anilines is 1. The summed E-state index contributed by atoms with van der Waals surface area (Å²) in [7, 11) is 0. The molecule has 2 aliphatic rings. The molecule has 0 aliphatic carbocycles. The van der Waals surface area contributed by atoms with Gasteiger partial charge in [0.2, 0.25) is 5.91 Å². The molecule has 4 rings (SSSR count). The monoisotopic (exact) mass is 418 g/mol. The Bertz CT molecular complexity index is 906. The zero-order valence-electron chi connectivity index (χ0n) is 15.3. The smallest absolute Gasteiger partial charge is 0.261 e. The van der Waals surface area contributed by atoms with Crippen LogP contribution in [-0.4, -0.2) is 29.4 Å². The number of halogens is 2. The van der Waals surface area contributed by atoms with E-state index in [1.165, 1.54) is 4.90 Å². The van der Waals surface area contributed by atoms with Gasteiger partial charge >= 0.3 is 0 Å². The van der Waals surface area contributed by atoms with Crippen LogP contribution in [0.25, 0.3) is 0 Å². The van der Waals surface area contributed by atoms with Crippen molar-refractivity contribution in [1.82, 2.24) is 4.90 Å². The van der Waals surface area contributed by atoms with Gasteiger partial charge in [-0.15, -0.1) is 0 Å². The van der Waals surface area contributed by atoms with Gasteiger partial charge in [0.1, 0.15) is 5.92 Å². The Morgan fingerprint density at radius 2 is 1.79 bits per heavy atom. The quantitative estimate of drug-likeness (QED) is 0.663. The predicted octanol–water partition coefficient (Wildman–Crippen LogP) is 4.64. The van der Waals surface area contributed by atoms with Gasteiger partial charge < -0.3 is 0 Å². The van der Waals surface area contributed by atoms with Gasteiger partial charge in [-0.05, 0) is 36.2 Å². The van der Waals surface area contributed by atoms with Crippen LogP contribution in [0.5, 0.6) is 0 Å². The van der Waals surface area contributed by atoms with E-state index in [4.69, 9.17) is 28.0 Å². The Hall–Kier alpha value is -2.08. The molecule has 0 bridgehead atoms. The van der Waals surface area contributed by atoms with Gasteiger partial charge in [-0.1, -0.05) is 60.8 Å². The van der Waals surface area contributed by atoms with Crippen molar-refractivity contribution in [2.24, 2.45) is 5.92 Å². The summed E-state index contributed by atoms with van der Waals surface area (Å²) < 4.78 is 0. The van der Waals surface area contributed by atoms with Crippen LogP contribution in [-0.2, 0) is 14.4 Å². The first kappa shape index (κ1) is 19.2. The number of hydroxylamine groups is 1. The highest BCUT2D eigenvalue weighted by atomic mass is 35.5. The Balaban J connectivity index is 1.77. The molecule has 28 heavy (non-hydrogen) atoms. The lowest BCUT2D eigenvalue weighted by Gasteiger charge is -2.29. The van der Waals surface area contributed by atoms with E-state index in [-0.39, 0.29) is 11.8 Å². The largest absolute Gasteiger partial charge is 0.280 e. The van der Waals surface area contributed by atoms with Crippen molar-refractivity contribution >= 4 is 40.7 Å². The van der Waals surface area contributed by atoms with E-state index >= 15 is 0 Å². The van der Waals surface area contributed by atoms with Crippen LogP contribution in [0.15, 0.2) is 48.5 Å². The minimum Gasteiger partial charge on any atom is -0.280 e. The van der Waals surface area contributed by atoms with Crippen molar-refractivity contribution in [2.75, 3.05) is 11.6 Å². The normalized spacial score (nSPS) is 24.2.